The number of nitrogens with one attached hydrogen (secondary N) is 2. The van der Waals surface area contributed by atoms with Crippen LogP contribution in [0.3, 0.4) is 0 Å². The van der Waals surface area contributed by atoms with Crippen LogP contribution in [0.15, 0.2) is 24.3 Å². The Morgan fingerprint density at radius 3 is 2.25 bits per heavy atom. The zero-order valence-electron chi connectivity index (χ0n) is 15.4. The van der Waals surface area contributed by atoms with Crippen LogP contribution < -0.4 is 10.6 Å². The second kappa shape index (κ2) is 10.1. The van der Waals surface area contributed by atoms with E-state index in [4.69, 9.17) is 0 Å². The van der Waals surface area contributed by atoms with Crippen LogP contribution in [0.4, 0.5) is 4.79 Å². The first-order chi connectivity index (χ1) is 11.4. The Morgan fingerprint density at radius 2 is 1.75 bits per heavy atom. The van der Waals surface area contributed by atoms with Crippen LogP contribution in [0.25, 0.3) is 0 Å². The van der Waals surface area contributed by atoms with Crippen LogP contribution in [0.5, 0.6) is 0 Å². The highest BCUT2D eigenvalue weighted by molar-refractivity contribution is 5.94. The molecule has 2 amide bonds. The maximum absolute atomic E-state index is 12.0. The molecule has 5 heteroatoms. The number of aryl methyl sites for hydroxylation is 1. The molecule has 0 aliphatic heterocycles. The van der Waals surface area contributed by atoms with Gasteiger partial charge in [-0.3, -0.25) is 15.4 Å². The molecule has 0 fully saturated rings. The molecule has 5 nitrogen and oxygen atoms in total. The lowest BCUT2D eigenvalue weighted by molar-refractivity contribution is -0.122. The summed E-state index contributed by atoms with van der Waals surface area (Å²) in [5, 5.41) is 5.50. The highest BCUT2D eigenvalue weighted by Crippen LogP contribution is 2.23. The van der Waals surface area contributed by atoms with Gasteiger partial charge in [-0.05, 0) is 36.8 Å². The van der Waals surface area contributed by atoms with E-state index in [1.54, 1.807) is 6.92 Å². The predicted molar refractivity (Wildman–Crippen MR) is 95.8 cm³/mol. The number of hydrogen-bond donors (Lipinski definition) is 2. The summed E-state index contributed by atoms with van der Waals surface area (Å²) in [7, 11) is 1.23. The van der Waals surface area contributed by atoms with E-state index in [-0.39, 0.29) is 6.04 Å². The van der Waals surface area contributed by atoms with Crippen LogP contribution in [0, 0.1) is 5.92 Å². The highest BCUT2D eigenvalue weighted by atomic mass is 16.5. The van der Waals surface area contributed by atoms with E-state index < -0.39 is 18.0 Å². The third-order valence-electron chi connectivity index (χ3n) is 4.06. The number of ether oxygens (including phenoxy) is 1. The van der Waals surface area contributed by atoms with Crippen molar-refractivity contribution < 1.29 is 14.3 Å². The van der Waals surface area contributed by atoms with Crippen molar-refractivity contribution >= 4 is 12.0 Å². The average Bonchev–Trinajstić information content (AvgIpc) is 2.57. The number of amides is 2. The fourth-order valence-electron chi connectivity index (χ4n) is 2.55. The van der Waals surface area contributed by atoms with Gasteiger partial charge in [-0.1, -0.05) is 51.5 Å². The molecule has 1 aromatic rings. The standard InChI is InChI=1S/C19H30N2O3/c1-6-7-8-15-9-11-16(12-10-15)17(13(2)3)20-14(4)18(22)21-19(23)24-5/h9-14,17,20H,6-8H2,1-5H3,(H,21,22,23)/t14-,17-/m1/s1. The SMILES string of the molecule is CCCCc1ccc([C@H](N[C@H](C)C(=O)NC(=O)OC)C(C)C)cc1. The van der Waals surface area contributed by atoms with Crippen LogP contribution in [0.1, 0.15) is 57.7 Å². The predicted octanol–water partition coefficient (Wildman–Crippen LogP) is 3.59. The van der Waals surface area contributed by atoms with E-state index in [0.29, 0.717) is 5.92 Å². The molecule has 0 aliphatic rings. The molecule has 0 aromatic heterocycles. The molecule has 24 heavy (non-hydrogen) atoms. The minimum atomic E-state index is -0.741. The second-order valence-electron chi connectivity index (χ2n) is 6.44. The van der Waals surface area contributed by atoms with Crippen molar-refractivity contribution in [1.29, 1.82) is 0 Å². The molecule has 2 N–H and O–H groups in total. The lowest BCUT2D eigenvalue weighted by Gasteiger charge is -2.26. The van der Waals surface area contributed by atoms with Gasteiger partial charge in [-0.25, -0.2) is 4.79 Å². The van der Waals surface area contributed by atoms with E-state index in [1.807, 2.05) is 0 Å². The summed E-state index contributed by atoms with van der Waals surface area (Å²) >= 11 is 0. The first-order valence-electron chi connectivity index (χ1n) is 8.62. The Bertz CT molecular complexity index is 526. The second-order valence-corrected chi connectivity index (χ2v) is 6.44. The number of unbranched alkanes of at least 4 members (excludes halogenated alkanes) is 1. The van der Waals surface area contributed by atoms with Gasteiger partial charge in [0.05, 0.1) is 13.2 Å². The molecule has 0 heterocycles. The molecule has 0 unspecified atom stereocenters. The molecule has 1 rings (SSSR count). The molecule has 1 aromatic carbocycles. The Morgan fingerprint density at radius 1 is 1.12 bits per heavy atom. The van der Waals surface area contributed by atoms with E-state index in [9.17, 15) is 9.59 Å². The van der Waals surface area contributed by atoms with Gasteiger partial charge in [0.25, 0.3) is 0 Å². The van der Waals surface area contributed by atoms with Crippen LogP contribution in [-0.2, 0) is 16.0 Å². The number of alkyl carbamates (subject to hydrolysis) is 1. The molecule has 2 atom stereocenters. The Hall–Kier alpha value is -1.88. The molecular formula is C19H30N2O3. The third kappa shape index (κ3) is 6.32. The fourth-order valence-corrected chi connectivity index (χ4v) is 2.55. The van der Waals surface area contributed by atoms with Crippen molar-refractivity contribution in [3.63, 3.8) is 0 Å². The van der Waals surface area contributed by atoms with Crippen molar-refractivity contribution in [1.82, 2.24) is 10.6 Å². The number of hydrogen-bond acceptors (Lipinski definition) is 4. The third-order valence-corrected chi connectivity index (χ3v) is 4.06. The summed E-state index contributed by atoms with van der Waals surface area (Å²) in [6.45, 7) is 8.14. The Labute approximate surface area is 145 Å². The fraction of sp³-hybridized carbons (Fsp3) is 0.579. The largest absolute Gasteiger partial charge is 0.453 e. The van der Waals surface area contributed by atoms with Crippen LogP contribution in [0.2, 0.25) is 0 Å². The quantitative estimate of drug-likeness (QED) is 0.762. The lowest BCUT2D eigenvalue weighted by Crippen LogP contribution is -2.46. The zero-order chi connectivity index (χ0) is 18.1. The molecule has 0 aliphatic carbocycles. The summed E-state index contributed by atoms with van der Waals surface area (Å²) in [6, 6.07) is 8.07. The van der Waals surface area contributed by atoms with Gasteiger partial charge in [0.1, 0.15) is 0 Å². The average molecular weight is 334 g/mol. The Balaban J connectivity index is 2.76. The summed E-state index contributed by atoms with van der Waals surface area (Å²) in [5.41, 5.74) is 2.47. The number of methoxy groups -OCH3 is 1. The van der Waals surface area contributed by atoms with Crippen LogP contribution >= 0.6 is 0 Å². The van der Waals surface area contributed by atoms with Gasteiger partial charge in [-0.2, -0.15) is 0 Å². The smallest absolute Gasteiger partial charge is 0.413 e. The van der Waals surface area contributed by atoms with E-state index in [2.05, 4.69) is 60.4 Å². The molecular weight excluding hydrogens is 304 g/mol. The number of rotatable bonds is 8. The van der Waals surface area contributed by atoms with Crippen molar-refractivity contribution in [2.45, 2.75) is 59.0 Å². The molecule has 0 saturated heterocycles. The summed E-state index contributed by atoms with van der Waals surface area (Å²) in [5.74, 6) is -0.0908. The molecule has 0 spiro atoms. The van der Waals surface area contributed by atoms with Gasteiger partial charge in [0, 0.05) is 6.04 Å². The number of carbonyl (C=O) groups is 2. The molecule has 0 radical (unpaired) electrons. The normalized spacial score (nSPS) is 13.4. The number of carbonyl (C=O) groups excluding carboxylic acids is 2. The Kier molecular flexibility index (Phi) is 8.47. The van der Waals surface area contributed by atoms with Crippen molar-refractivity contribution in [3.8, 4) is 0 Å². The molecule has 134 valence electrons. The number of imide groups is 1. The van der Waals surface area contributed by atoms with E-state index >= 15 is 0 Å². The zero-order valence-corrected chi connectivity index (χ0v) is 15.4. The highest BCUT2D eigenvalue weighted by Gasteiger charge is 2.23. The first kappa shape index (κ1) is 20.2. The minimum Gasteiger partial charge on any atom is -0.453 e. The molecule has 0 bridgehead atoms. The summed E-state index contributed by atoms with van der Waals surface area (Å²) in [4.78, 5) is 23.2. The van der Waals surface area contributed by atoms with Gasteiger partial charge >= 0.3 is 6.09 Å². The van der Waals surface area contributed by atoms with Crippen molar-refractivity contribution in [2.75, 3.05) is 7.11 Å². The maximum Gasteiger partial charge on any atom is 0.413 e. The van der Waals surface area contributed by atoms with Gasteiger partial charge in [-0.15, -0.1) is 0 Å². The number of benzene rings is 1. The van der Waals surface area contributed by atoms with E-state index in [1.165, 1.54) is 25.5 Å². The first-order valence-corrected chi connectivity index (χ1v) is 8.62. The topological polar surface area (TPSA) is 67.4 Å². The van der Waals surface area contributed by atoms with Crippen molar-refractivity contribution in [2.24, 2.45) is 5.92 Å². The summed E-state index contributed by atoms with van der Waals surface area (Å²) in [6.07, 6.45) is 2.73. The van der Waals surface area contributed by atoms with Gasteiger partial charge in [0.15, 0.2) is 0 Å². The minimum absolute atomic E-state index is 0.0311. The van der Waals surface area contributed by atoms with Crippen molar-refractivity contribution in [3.05, 3.63) is 35.4 Å². The monoisotopic (exact) mass is 334 g/mol. The summed E-state index contributed by atoms with van der Waals surface area (Å²) < 4.78 is 4.45. The van der Waals surface area contributed by atoms with Gasteiger partial charge < -0.3 is 4.74 Å². The van der Waals surface area contributed by atoms with Gasteiger partial charge in [0.2, 0.25) is 5.91 Å². The van der Waals surface area contributed by atoms with E-state index in [0.717, 1.165) is 12.0 Å². The molecule has 0 saturated carbocycles. The lowest BCUT2D eigenvalue weighted by atomic mass is 9.94. The van der Waals surface area contributed by atoms with Crippen LogP contribution in [-0.4, -0.2) is 25.2 Å². The maximum atomic E-state index is 12.0.